The minimum atomic E-state index is -1.57. The van der Waals surface area contributed by atoms with Crippen LogP contribution in [0.25, 0.3) is 0 Å². The molecular weight excluding hydrogens is 452 g/mol. The zero-order valence-electron chi connectivity index (χ0n) is 19.8. The predicted octanol–water partition coefficient (Wildman–Crippen LogP) is 1.54. The Labute approximate surface area is 196 Å². The fourth-order valence-corrected chi connectivity index (χ4v) is 3.33. The lowest BCUT2D eigenvalue weighted by molar-refractivity contribution is -0.294. The number of rotatable bonds is 7. The van der Waals surface area contributed by atoms with Crippen molar-refractivity contribution in [2.24, 2.45) is 0 Å². The molecule has 0 aromatic heterocycles. The molecular formula is C23H28O11. The Morgan fingerprint density at radius 3 is 1.82 bits per heavy atom. The maximum absolute atomic E-state index is 12.8. The molecule has 0 aliphatic carbocycles. The molecule has 2 rings (SSSR count). The van der Waals surface area contributed by atoms with E-state index in [2.05, 4.69) is 0 Å². The molecule has 0 amide bonds. The number of hydrogen-bond donors (Lipinski definition) is 0. The molecule has 186 valence electrons. The Morgan fingerprint density at radius 2 is 1.29 bits per heavy atom. The first-order valence-corrected chi connectivity index (χ1v) is 10.5. The molecule has 1 aromatic rings. The van der Waals surface area contributed by atoms with Crippen LogP contribution in [0.15, 0.2) is 18.2 Å². The van der Waals surface area contributed by atoms with Gasteiger partial charge in [-0.1, -0.05) is 6.07 Å². The van der Waals surface area contributed by atoms with Gasteiger partial charge in [-0.15, -0.1) is 0 Å². The quantitative estimate of drug-likeness (QED) is 0.414. The maximum atomic E-state index is 12.8. The Morgan fingerprint density at radius 1 is 0.735 bits per heavy atom. The first-order valence-electron chi connectivity index (χ1n) is 10.5. The molecule has 1 heterocycles. The lowest BCUT2D eigenvalue weighted by Gasteiger charge is -2.43. The molecule has 0 radical (unpaired) electrons. The average molecular weight is 480 g/mol. The standard InChI is InChI=1S/C23H28O11/c1-11-7-8-17(9-12(11)2)22(28)34-23-21(32-16(6)27)20(31-15(5)26)19(30-14(4)25)18(33-23)10-29-13(3)24/h7-9,18-21,23H,10H2,1-6H3/t18-,19+,20+,21-,23+/m1/s1. The van der Waals surface area contributed by atoms with E-state index >= 15 is 0 Å². The van der Waals surface area contributed by atoms with Crippen molar-refractivity contribution in [1.29, 1.82) is 0 Å². The summed E-state index contributed by atoms with van der Waals surface area (Å²) in [6.45, 7) is 7.74. The van der Waals surface area contributed by atoms with E-state index in [0.29, 0.717) is 0 Å². The summed E-state index contributed by atoms with van der Waals surface area (Å²) in [5, 5.41) is 0. The molecule has 11 nitrogen and oxygen atoms in total. The van der Waals surface area contributed by atoms with Gasteiger partial charge in [-0.05, 0) is 37.1 Å². The van der Waals surface area contributed by atoms with Gasteiger partial charge in [0.05, 0.1) is 5.56 Å². The zero-order valence-corrected chi connectivity index (χ0v) is 19.8. The van der Waals surface area contributed by atoms with Crippen molar-refractivity contribution < 1.29 is 52.4 Å². The van der Waals surface area contributed by atoms with Gasteiger partial charge in [0, 0.05) is 27.7 Å². The van der Waals surface area contributed by atoms with Crippen LogP contribution in [-0.4, -0.2) is 67.2 Å². The topological polar surface area (TPSA) is 141 Å². The summed E-state index contributed by atoms with van der Waals surface area (Å²) in [6.07, 6.45) is -7.01. The van der Waals surface area contributed by atoms with Gasteiger partial charge < -0.3 is 28.4 Å². The highest BCUT2D eigenvalue weighted by atomic mass is 16.7. The van der Waals surface area contributed by atoms with Crippen LogP contribution in [0.2, 0.25) is 0 Å². The van der Waals surface area contributed by atoms with E-state index in [-0.39, 0.29) is 5.56 Å². The van der Waals surface area contributed by atoms with E-state index in [1.54, 1.807) is 18.2 Å². The number of carbonyl (C=O) groups excluding carboxylic acids is 5. The highest BCUT2D eigenvalue weighted by Crippen LogP contribution is 2.30. The molecule has 5 atom stereocenters. The zero-order chi connectivity index (χ0) is 25.6. The van der Waals surface area contributed by atoms with Crippen molar-refractivity contribution in [2.75, 3.05) is 6.61 Å². The second-order valence-corrected chi connectivity index (χ2v) is 7.77. The largest absolute Gasteiger partial charge is 0.463 e. The first-order chi connectivity index (χ1) is 15.9. The molecule has 11 heteroatoms. The van der Waals surface area contributed by atoms with Crippen LogP contribution in [0.4, 0.5) is 0 Å². The third kappa shape index (κ3) is 7.27. The fourth-order valence-electron chi connectivity index (χ4n) is 3.33. The monoisotopic (exact) mass is 480 g/mol. The Hall–Kier alpha value is -3.47. The molecule has 1 saturated heterocycles. The molecule has 1 aromatic carbocycles. The normalized spacial score (nSPS) is 23.9. The fraction of sp³-hybridized carbons (Fsp3) is 0.522. The van der Waals surface area contributed by atoms with Gasteiger partial charge >= 0.3 is 29.8 Å². The van der Waals surface area contributed by atoms with Gasteiger partial charge in [0.15, 0.2) is 12.2 Å². The Balaban J connectivity index is 2.44. The molecule has 0 saturated carbocycles. The average Bonchev–Trinajstić information content (AvgIpc) is 2.71. The van der Waals surface area contributed by atoms with Crippen molar-refractivity contribution in [1.82, 2.24) is 0 Å². The van der Waals surface area contributed by atoms with Crippen LogP contribution < -0.4 is 0 Å². The van der Waals surface area contributed by atoms with Crippen LogP contribution in [0.5, 0.6) is 0 Å². The van der Waals surface area contributed by atoms with E-state index in [9.17, 15) is 24.0 Å². The van der Waals surface area contributed by atoms with E-state index in [0.717, 1.165) is 38.8 Å². The molecule has 1 aliphatic heterocycles. The number of benzene rings is 1. The van der Waals surface area contributed by atoms with Crippen molar-refractivity contribution in [2.45, 2.75) is 72.2 Å². The van der Waals surface area contributed by atoms with Crippen LogP contribution in [-0.2, 0) is 47.6 Å². The summed E-state index contributed by atoms with van der Waals surface area (Å²) < 4.78 is 32.1. The van der Waals surface area contributed by atoms with E-state index in [1.807, 2.05) is 13.8 Å². The molecule has 34 heavy (non-hydrogen) atoms. The molecule has 1 aliphatic rings. The minimum Gasteiger partial charge on any atom is -0.463 e. The number of carbonyl (C=O) groups is 5. The SMILES string of the molecule is CC(=O)OC[C@H]1O[C@@H](OC(=O)c2ccc(C)c(C)c2)[C@H](OC(C)=O)[C@@H](OC(C)=O)[C@H]1OC(C)=O. The van der Waals surface area contributed by atoms with E-state index in [4.69, 9.17) is 28.4 Å². The number of aryl methyl sites for hydroxylation is 2. The summed E-state index contributed by atoms with van der Waals surface area (Å²) in [7, 11) is 0. The van der Waals surface area contributed by atoms with Gasteiger partial charge in [0.1, 0.15) is 12.7 Å². The summed E-state index contributed by atoms with van der Waals surface area (Å²) in [4.78, 5) is 59.6. The van der Waals surface area contributed by atoms with Crippen molar-refractivity contribution in [3.63, 3.8) is 0 Å². The predicted molar refractivity (Wildman–Crippen MR) is 113 cm³/mol. The first kappa shape index (κ1) is 26.8. The molecule has 0 N–H and O–H groups in total. The van der Waals surface area contributed by atoms with Gasteiger partial charge in [-0.25, -0.2) is 4.79 Å². The smallest absolute Gasteiger partial charge is 0.340 e. The van der Waals surface area contributed by atoms with Crippen molar-refractivity contribution >= 4 is 29.8 Å². The lowest BCUT2D eigenvalue weighted by Crippen LogP contribution is -2.63. The van der Waals surface area contributed by atoms with Crippen molar-refractivity contribution in [3.05, 3.63) is 34.9 Å². The number of hydrogen-bond acceptors (Lipinski definition) is 11. The second kappa shape index (κ2) is 11.6. The van der Waals surface area contributed by atoms with Crippen LogP contribution in [0, 0.1) is 13.8 Å². The summed E-state index contributed by atoms with van der Waals surface area (Å²) >= 11 is 0. The summed E-state index contributed by atoms with van der Waals surface area (Å²) in [5.74, 6) is -3.79. The minimum absolute atomic E-state index is 0.205. The van der Waals surface area contributed by atoms with Gasteiger partial charge in [0.2, 0.25) is 12.4 Å². The molecule has 1 fully saturated rings. The maximum Gasteiger partial charge on any atom is 0.340 e. The Bertz CT molecular complexity index is 954. The Kier molecular flexibility index (Phi) is 9.13. The lowest BCUT2D eigenvalue weighted by atomic mass is 9.98. The third-order valence-electron chi connectivity index (χ3n) is 4.91. The number of esters is 5. The third-order valence-corrected chi connectivity index (χ3v) is 4.91. The van der Waals surface area contributed by atoms with Crippen LogP contribution >= 0.6 is 0 Å². The van der Waals surface area contributed by atoms with Crippen molar-refractivity contribution in [3.8, 4) is 0 Å². The molecule has 0 spiro atoms. The van der Waals surface area contributed by atoms with Gasteiger partial charge in [0.25, 0.3) is 0 Å². The summed E-state index contributed by atoms with van der Waals surface area (Å²) in [5.41, 5.74) is 2.01. The van der Waals surface area contributed by atoms with Crippen LogP contribution in [0.3, 0.4) is 0 Å². The van der Waals surface area contributed by atoms with Gasteiger partial charge in [-0.3, -0.25) is 19.2 Å². The van der Waals surface area contributed by atoms with Gasteiger partial charge in [-0.2, -0.15) is 0 Å². The molecule has 0 bridgehead atoms. The highest BCUT2D eigenvalue weighted by Gasteiger charge is 2.53. The summed E-state index contributed by atoms with van der Waals surface area (Å²) in [6, 6.07) is 4.90. The highest BCUT2D eigenvalue weighted by molar-refractivity contribution is 5.89. The molecule has 0 unspecified atom stereocenters. The van der Waals surface area contributed by atoms with Crippen LogP contribution in [0.1, 0.15) is 49.2 Å². The number of ether oxygens (including phenoxy) is 6. The van der Waals surface area contributed by atoms with E-state index < -0.39 is 67.2 Å². The van der Waals surface area contributed by atoms with E-state index in [1.165, 1.54) is 0 Å². The second-order valence-electron chi connectivity index (χ2n) is 7.77.